The Balaban J connectivity index is 1.80. The van der Waals surface area contributed by atoms with Gasteiger partial charge in [-0.3, -0.25) is 4.79 Å². The molecule has 8 heteroatoms. The first-order chi connectivity index (χ1) is 12.2. The molecule has 0 saturated carbocycles. The van der Waals surface area contributed by atoms with E-state index in [4.69, 9.17) is 9.47 Å². The van der Waals surface area contributed by atoms with Crippen molar-refractivity contribution in [3.05, 3.63) is 29.3 Å². The third-order valence-corrected chi connectivity index (χ3v) is 6.25. The number of amides is 1. The first-order valence-electron chi connectivity index (χ1n) is 8.57. The van der Waals surface area contributed by atoms with Crippen LogP contribution in [0.4, 0.5) is 0 Å². The van der Waals surface area contributed by atoms with Gasteiger partial charge < -0.3 is 14.4 Å². The van der Waals surface area contributed by atoms with Gasteiger partial charge in [-0.05, 0) is 50.5 Å². The van der Waals surface area contributed by atoms with E-state index in [-0.39, 0.29) is 24.2 Å². The Morgan fingerprint density at radius 1 is 1.19 bits per heavy atom. The molecule has 0 aliphatic carbocycles. The third kappa shape index (κ3) is 5.45. The lowest BCUT2D eigenvalue weighted by molar-refractivity contribution is -0.154. The maximum atomic E-state index is 12.2. The summed E-state index contributed by atoms with van der Waals surface area (Å²) in [7, 11) is -3.08. The summed E-state index contributed by atoms with van der Waals surface area (Å²) < 4.78 is 33.5. The van der Waals surface area contributed by atoms with E-state index in [1.165, 1.54) is 4.90 Å². The highest BCUT2D eigenvalue weighted by molar-refractivity contribution is 7.91. The number of hydrogen-bond acceptors (Lipinski definition) is 6. The van der Waals surface area contributed by atoms with Crippen LogP contribution in [0.2, 0.25) is 0 Å². The van der Waals surface area contributed by atoms with Crippen LogP contribution in [-0.2, 0) is 24.2 Å². The van der Waals surface area contributed by atoms with Gasteiger partial charge in [0.05, 0.1) is 11.5 Å². The number of nitrogens with zero attached hydrogens (tertiary/aromatic N) is 1. The van der Waals surface area contributed by atoms with Gasteiger partial charge in [-0.2, -0.15) is 0 Å². The van der Waals surface area contributed by atoms with Crippen molar-refractivity contribution >= 4 is 21.7 Å². The van der Waals surface area contributed by atoms with E-state index in [1.807, 2.05) is 26.0 Å². The standard InChI is InChI=1S/C18H25NO6S/c1-4-19(15-7-8-26(22,23)12-15)17(20)10-25-18(21)11-24-16-6-5-13(2)14(3)9-16/h5-6,9,15H,4,7-8,10-12H2,1-3H3/t15-/m1/s1. The molecule has 1 atom stereocenters. The molecule has 1 amide bonds. The Labute approximate surface area is 154 Å². The zero-order valence-corrected chi connectivity index (χ0v) is 16.2. The molecule has 0 unspecified atom stereocenters. The van der Waals surface area contributed by atoms with Crippen molar-refractivity contribution < 1.29 is 27.5 Å². The molecule has 0 spiro atoms. The molecule has 0 N–H and O–H groups in total. The molecule has 0 aromatic heterocycles. The molecule has 1 aromatic rings. The fourth-order valence-electron chi connectivity index (χ4n) is 2.87. The predicted octanol–water partition coefficient (Wildman–Crippen LogP) is 1.26. The van der Waals surface area contributed by atoms with Crippen molar-refractivity contribution in [3.8, 4) is 5.75 Å². The quantitative estimate of drug-likeness (QED) is 0.659. The monoisotopic (exact) mass is 383 g/mol. The van der Waals surface area contributed by atoms with Crippen LogP contribution < -0.4 is 4.74 Å². The van der Waals surface area contributed by atoms with E-state index in [2.05, 4.69) is 0 Å². The van der Waals surface area contributed by atoms with Crippen LogP contribution in [0.15, 0.2) is 18.2 Å². The highest BCUT2D eigenvalue weighted by Crippen LogP contribution is 2.18. The van der Waals surface area contributed by atoms with Crippen molar-refractivity contribution in [1.29, 1.82) is 0 Å². The van der Waals surface area contributed by atoms with Crippen LogP contribution in [0.3, 0.4) is 0 Å². The van der Waals surface area contributed by atoms with Crippen molar-refractivity contribution in [2.75, 3.05) is 31.3 Å². The summed E-state index contributed by atoms with van der Waals surface area (Å²) >= 11 is 0. The molecule has 2 rings (SSSR count). The predicted molar refractivity (Wildman–Crippen MR) is 96.8 cm³/mol. The van der Waals surface area contributed by atoms with Crippen LogP contribution in [0.25, 0.3) is 0 Å². The number of carbonyl (C=O) groups is 2. The fraction of sp³-hybridized carbons (Fsp3) is 0.556. The van der Waals surface area contributed by atoms with E-state index < -0.39 is 28.3 Å². The summed E-state index contributed by atoms with van der Waals surface area (Å²) in [6, 6.07) is 5.14. The lowest BCUT2D eigenvalue weighted by atomic mass is 10.1. The molecule has 1 heterocycles. The topological polar surface area (TPSA) is 90.0 Å². The third-order valence-electron chi connectivity index (χ3n) is 4.50. The average molecular weight is 383 g/mol. The maximum Gasteiger partial charge on any atom is 0.344 e. The second-order valence-electron chi connectivity index (χ2n) is 6.43. The molecule has 1 fully saturated rings. The van der Waals surface area contributed by atoms with Crippen LogP contribution in [0, 0.1) is 13.8 Å². The summed E-state index contributed by atoms with van der Waals surface area (Å²) in [5.74, 6) is -0.426. The van der Waals surface area contributed by atoms with Gasteiger partial charge in [0.25, 0.3) is 5.91 Å². The summed E-state index contributed by atoms with van der Waals surface area (Å²) in [5, 5.41) is 0. The van der Waals surface area contributed by atoms with Gasteiger partial charge in [0.15, 0.2) is 23.1 Å². The Morgan fingerprint density at radius 2 is 1.92 bits per heavy atom. The lowest BCUT2D eigenvalue weighted by Gasteiger charge is -2.26. The number of carbonyl (C=O) groups excluding carboxylic acids is 2. The molecule has 144 valence electrons. The van der Waals surface area contributed by atoms with E-state index in [0.717, 1.165) is 11.1 Å². The first kappa shape index (κ1) is 20.2. The largest absolute Gasteiger partial charge is 0.482 e. The molecule has 1 aliphatic heterocycles. The van der Waals surface area contributed by atoms with E-state index >= 15 is 0 Å². The minimum Gasteiger partial charge on any atom is -0.482 e. The number of hydrogen-bond donors (Lipinski definition) is 0. The second kappa shape index (κ2) is 8.53. The Hall–Kier alpha value is -2.09. The van der Waals surface area contributed by atoms with Crippen molar-refractivity contribution in [2.24, 2.45) is 0 Å². The molecule has 0 radical (unpaired) electrons. The van der Waals surface area contributed by atoms with Gasteiger partial charge in [-0.1, -0.05) is 6.07 Å². The van der Waals surface area contributed by atoms with Crippen LogP contribution in [0.5, 0.6) is 5.75 Å². The Bertz CT molecular complexity index is 774. The molecule has 1 aromatic carbocycles. The molecule has 26 heavy (non-hydrogen) atoms. The molecule has 7 nitrogen and oxygen atoms in total. The van der Waals surface area contributed by atoms with Crippen molar-refractivity contribution in [1.82, 2.24) is 4.90 Å². The normalized spacial score (nSPS) is 18.3. The van der Waals surface area contributed by atoms with Gasteiger partial charge in [-0.15, -0.1) is 0 Å². The summed E-state index contributed by atoms with van der Waals surface area (Å²) in [5.41, 5.74) is 2.18. The lowest BCUT2D eigenvalue weighted by Crippen LogP contribution is -2.43. The van der Waals surface area contributed by atoms with Crippen molar-refractivity contribution in [3.63, 3.8) is 0 Å². The SMILES string of the molecule is CCN(C(=O)COC(=O)COc1ccc(C)c(C)c1)[C@@H]1CCS(=O)(=O)C1. The summed E-state index contributed by atoms with van der Waals surface area (Å²) in [6.45, 7) is 5.36. The maximum absolute atomic E-state index is 12.2. The number of ether oxygens (including phenoxy) is 2. The summed E-state index contributed by atoms with van der Waals surface area (Å²) in [4.78, 5) is 25.5. The highest BCUT2D eigenvalue weighted by Gasteiger charge is 2.34. The highest BCUT2D eigenvalue weighted by atomic mass is 32.2. The van der Waals surface area contributed by atoms with Gasteiger partial charge in [0, 0.05) is 12.6 Å². The molecular weight excluding hydrogens is 358 g/mol. The fourth-order valence-corrected chi connectivity index (χ4v) is 4.60. The van der Waals surface area contributed by atoms with Gasteiger partial charge in [-0.25, -0.2) is 13.2 Å². The Morgan fingerprint density at radius 3 is 2.50 bits per heavy atom. The number of sulfone groups is 1. The van der Waals surface area contributed by atoms with Crippen LogP contribution in [0.1, 0.15) is 24.5 Å². The molecule has 1 saturated heterocycles. The average Bonchev–Trinajstić information content (AvgIpc) is 2.94. The number of rotatable bonds is 7. The molecular formula is C18H25NO6S. The van der Waals surface area contributed by atoms with E-state index in [9.17, 15) is 18.0 Å². The van der Waals surface area contributed by atoms with E-state index in [1.54, 1.807) is 13.0 Å². The minimum atomic E-state index is -3.08. The number of esters is 1. The van der Waals surface area contributed by atoms with Crippen LogP contribution >= 0.6 is 0 Å². The zero-order valence-electron chi connectivity index (χ0n) is 15.4. The van der Waals surface area contributed by atoms with Crippen LogP contribution in [-0.4, -0.2) is 62.5 Å². The van der Waals surface area contributed by atoms with Gasteiger partial charge in [0.1, 0.15) is 5.75 Å². The Kier molecular flexibility index (Phi) is 6.63. The minimum absolute atomic E-state index is 0.0313. The number of aryl methyl sites for hydroxylation is 2. The number of likely N-dealkylation sites (N-methyl/N-ethyl adjacent to an activating group) is 1. The first-order valence-corrected chi connectivity index (χ1v) is 10.4. The smallest absolute Gasteiger partial charge is 0.344 e. The molecule has 1 aliphatic rings. The molecule has 0 bridgehead atoms. The van der Waals surface area contributed by atoms with E-state index in [0.29, 0.717) is 18.7 Å². The number of benzene rings is 1. The van der Waals surface area contributed by atoms with Crippen molar-refractivity contribution in [2.45, 2.75) is 33.2 Å². The zero-order chi connectivity index (χ0) is 19.3. The second-order valence-corrected chi connectivity index (χ2v) is 8.66. The van der Waals surface area contributed by atoms with Gasteiger partial charge in [0.2, 0.25) is 0 Å². The van der Waals surface area contributed by atoms with Gasteiger partial charge >= 0.3 is 5.97 Å². The summed E-state index contributed by atoms with van der Waals surface area (Å²) in [6.07, 6.45) is 0.422.